The van der Waals surface area contributed by atoms with Gasteiger partial charge in [-0.3, -0.25) is 0 Å². The predicted octanol–water partition coefficient (Wildman–Crippen LogP) is 4.42. The Bertz CT molecular complexity index is 394. The van der Waals surface area contributed by atoms with E-state index in [1.807, 2.05) is 0 Å². The number of likely N-dealkylation sites (N-methyl/N-ethyl adjacent to an activating group) is 1. The van der Waals surface area contributed by atoms with Gasteiger partial charge in [0.1, 0.15) is 0 Å². The van der Waals surface area contributed by atoms with Crippen molar-refractivity contribution in [2.24, 2.45) is 0 Å². The van der Waals surface area contributed by atoms with Crippen LogP contribution in [0.3, 0.4) is 0 Å². The Hall–Kier alpha value is -0.860. The van der Waals surface area contributed by atoms with Gasteiger partial charge in [0.2, 0.25) is 0 Å². The maximum absolute atomic E-state index is 6.01. The number of hydrogen-bond acceptors (Lipinski definition) is 2. The van der Waals surface area contributed by atoms with Gasteiger partial charge in [0.25, 0.3) is 0 Å². The standard InChI is InChI=1S/C18H29NO/c1-4-9-17(20-5-2)18(19-3)16-13-7-6-12-15(16)14-10-8-11-14/h6-7,12-14,17-19H,4-5,8-11H2,1-3H3. The average molecular weight is 275 g/mol. The molecule has 0 aliphatic heterocycles. The van der Waals surface area contributed by atoms with E-state index in [-0.39, 0.29) is 6.10 Å². The summed E-state index contributed by atoms with van der Waals surface area (Å²) in [6.45, 7) is 5.11. The smallest absolute Gasteiger partial charge is 0.0769 e. The first kappa shape index (κ1) is 15.5. The van der Waals surface area contributed by atoms with Gasteiger partial charge in [-0.15, -0.1) is 0 Å². The van der Waals surface area contributed by atoms with Gasteiger partial charge in [0, 0.05) is 6.61 Å². The minimum absolute atomic E-state index is 0.274. The summed E-state index contributed by atoms with van der Waals surface area (Å²) in [6, 6.07) is 9.26. The van der Waals surface area contributed by atoms with Gasteiger partial charge < -0.3 is 10.1 Å². The normalized spacial score (nSPS) is 18.6. The number of rotatable bonds is 8. The highest BCUT2D eigenvalue weighted by atomic mass is 16.5. The molecule has 2 nitrogen and oxygen atoms in total. The van der Waals surface area contributed by atoms with Crippen LogP contribution in [0.5, 0.6) is 0 Å². The lowest BCUT2D eigenvalue weighted by molar-refractivity contribution is 0.0291. The molecule has 112 valence electrons. The van der Waals surface area contributed by atoms with E-state index in [0.717, 1.165) is 25.4 Å². The summed E-state index contributed by atoms with van der Waals surface area (Å²) in [4.78, 5) is 0. The zero-order valence-corrected chi connectivity index (χ0v) is 13.2. The van der Waals surface area contributed by atoms with E-state index in [2.05, 4.69) is 50.5 Å². The highest BCUT2D eigenvalue weighted by Gasteiger charge is 2.28. The lowest BCUT2D eigenvalue weighted by Crippen LogP contribution is -2.33. The van der Waals surface area contributed by atoms with Crippen molar-refractivity contribution in [3.8, 4) is 0 Å². The molecule has 20 heavy (non-hydrogen) atoms. The summed E-state index contributed by atoms with van der Waals surface area (Å²) >= 11 is 0. The summed E-state index contributed by atoms with van der Waals surface area (Å²) in [5.41, 5.74) is 2.99. The van der Waals surface area contributed by atoms with Crippen LogP contribution in [0.1, 0.15) is 69.0 Å². The summed E-state index contributed by atoms with van der Waals surface area (Å²) < 4.78 is 6.01. The Balaban J connectivity index is 2.25. The van der Waals surface area contributed by atoms with Crippen molar-refractivity contribution >= 4 is 0 Å². The molecule has 0 saturated heterocycles. The molecule has 2 atom stereocenters. The molecule has 1 aromatic carbocycles. The predicted molar refractivity (Wildman–Crippen MR) is 85.2 cm³/mol. The zero-order chi connectivity index (χ0) is 14.4. The monoisotopic (exact) mass is 275 g/mol. The third kappa shape index (κ3) is 3.42. The van der Waals surface area contributed by atoms with E-state index in [1.165, 1.54) is 24.8 Å². The van der Waals surface area contributed by atoms with Gasteiger partial charge >= 0.3 is 0 Å². The Morgan fingerprint density at radius 1 is 1.25 bits per heavy atom. The van der Waals surface area contributed by atoms with Crippen LogP contribution < -0.4 is 5.32 Å². The van der Waals surface area contributed by atoms with Gasteiger partial charge in [-0.25, -0.2) is 0 Å². The molecular weight excluding hydrogens is 246 g/mol. The maximum Gasteiger partial charge on any atom is 0.0769 e. The van der Waals surface area contributed by atoms with Gasteiger partial charge in [0.15, 0.2) is 0 Å². The molecule has 1 aromatic rings. The fourth-order valence-corrected chi connectivity index (χ4v) is 3.27. The van der Waals surface area contributed by atoms with Crippen LogP contribution >= 0.6 is 0 Å². The van der Waals surface area contributed by atoms with Crippen LogP contribution in [0.4, 0.5) is 0 Å². The van der Waals surface area contributed by atoms with Gasteiger partial charge in [-0.2, -0.15) is 0 Å². The molecule has 0 spiro atoms. The first-order chi connectivity index (χ1) is 9.81. The zero-order valence-electron chi connectivity index (χ0n) is 13.2. The molecular formula is C18H29NO. The third-order valence-electron chi connectivity index (χ3n) is 4.51. The Morgan fingerprint density at radius 2 is 2.00 bits per heavy atom. The number of ether oxygens (including phenoxy) is 1. The highest BCUT2D eigenvalue weighted by Crippen LogP contribution is 2.40. The summed E-state index contributed by atoms with van der Waals surface area (Å²) in [7, 11) is 2.06. The maximum atomic E-state index is 6.01. The number of nitrogens with one attached hydrogen (secondary N) is 1. The van der Waals surface area contributed by atoms with E-state index < -0.39 is 0 Å². The molecule has 0 aromatic heterocycles. The SMILES string of the molecule is CCCC(OCC)C(NC)c1ccccc1C1CCC1. The molecule has 1 N–H and O–H groups in total. The molecule has 0 amide bonds. The Morgan fingerprint density at radius 3 is 2.55 bits per heavy atom. The molecule has 1 aliphatic carbocycles. The molecule has 0 bridgehead atoms. The number of benzene rings is 1. The quantitative estimate of drug-likeness (QED) is 0.758. The topological polar surface area (TPSA) is 21.3 Å². The van der Waals surface area contributed by atoms with Crippen LogP contribution in [0.15, 0.2) is 24.3 Å². The van der Waals surface area contributed by atoms with E-state index in [1.54, 1.807) is 5.56 Å². The first-order valence-corrected chi connectivity index (χ1v) is 8.19. The van der Waals surface area contributed by atoms with Crippen molar-refractivity contribution in [2.45, 2.75) is 64.0 Å². The molecule has 2 rings (SSSR count). The molecule has 1 fully saturated rings. The lowest BCUT2D eigenvalue weighted by atomic mass is 9.76. The molecule has 2 heteroatoms. The second-order valence-corrected chi connectivity index (χ2v) is 5.81. The van der Waals surface area contributed by atoms with Gasteiger partial charge in [-0.1, -0.05) is 44.0 Å². The minimum atomic E-state index is 0.274. The van der Waals surface area contributed by atoms with Crippen molar-refractivity contribution < 1.29 is 4.74 Å². The van der Waals surface area contributed by atoms with E-state index in [4.69, 9.17) is 4.74 Å². The largest absolute Gasteiger partial charge is 0.377 e. The number of hydrogen-bond donors (Lipinski definition) is 1. The third-order valence-corrected chi connectivity index (χ3v) is 4.51. The second kappa shape index (κ2) is 7.80. The average Bonchev–Trinajstić information content (AvgIpc) is 2.40. The van der Waals surface area contributed by atoms with Crippen molar-refractivity contribution in [1.82, 2.24) is 5.32 Å². The van der Waals surface area contributed by atoms with Crippen molar-refractivity contribution in [3.63, 3.8) is 0 Å². The van der Waals surface area contributed by atoms with Crippen LogP contribution in [0, 0.1) is 0 Å². The van der Waals surface area contributed by atoms with Crippen molar-refractivity contribution in [1.29, 1.82) is 0 Å². The molecule has 1 saturated carbocycles. The van der Waals surface area contributed by atoms with Crippen LogP contribution in [-0.2, 0) is 4.74 Å². The van der Waals surface area contributed by atoms with Crippen LogP contribution in [0.25, 0.3) is 0 Å². The Labute approximate surface area is 123 Å². The van der Waals surface area contributed by atoms with E-state index in [9.17, 15) is 0 Å². The lowest BCUT2D eigenvalue weighted by Gasteiger charge is -2.33. The fraction of sp³-hybridized carbons (Fsp3) is 0.667. The summed E-state index contributed by atoms with van der Waals surface area (Å²) in [5, 5.41) is 3.51. The fourth-order valence-electron chi connectivity index (χ4n) is 3.27. The second-order valence-electron chi connectivity index (χ2n) is 5.81. The van der Waals surface area contributed by atoms with E-state index in [0.29, 0.717) is 6.04 Å². The highest BCUT2D eigenvalue weighted by molar-refractivity contribution is 5.35. The summed E-state index contributed by atoms with van der Waals surface area (Å²) in [5.74, 6) is 0.769. The molecule has 2 unspecified atom stereocenters. The van der Waals surface area contributed by atoms with Crippen LogP contribution in [-0.4, -0.2) is 19.8 Å². The Kier molecular flexibility index (Phi) is 6.06. The van der Waals surface area contributed by atoms with Crippen molar-refractivity contribution in [2.75, 3.05) is 13.7 Å². The van der Waals surface area contributed by atoms with E-state index >= 15 is 0 Å². The van der Waals surface area contributed by atoms with Crippen LogP contribution in [0.2, 0.25) is 0 Å². The molecule has 0 heterocycles. The molecule has 1 aliphatic rings. The van der Waals surface area contributed by atoms with Crippen molar-refractivity contribution in [3.05, 3.63) is 35.4 Å². The minimum Gasteiger partial charge on any atom is -0.377 e. The first-order valence-electron chi connectivity index (χ1n) is 8.19. The summed E-state index contributed by atoms with van der Waals surface area (Å²) in [6.07, 6.45) is 6.62. The molecule has 0 radical (unpaired) electrons. The van der Waals surface area contributed by atoms with Gasteiger partial charge in [0.05, 0.1) is 12.1 Å². The van der Waals surface area contributed by atoms with Gasteiger partial charge in [-0.05, 0) is 50.3 Å².